The molecule has 0 aromatic heterocycles. The van der Waals surface area contributed by atoms with E-state index < -0.39 is 11.7 Å². The molecule has 0 saturated carbocycles. The van der Waals surface area contributed by atoms with E-state index in [0.29, 0.717) is 24.8 Å². The molecule has 1 rings (SSSR count). The molecule has 0 aliphatic carbocycles. The Bertz CT molecular complexity index is 406. The molecule has 0 aliphatic heterocycles. The maximum Gasteiger partial charge on any atom is 0.416 e. The van der Waals surface area contributed by atoms with Crippen LogP contribution in [0, 0.1) is 0 Å². The summed E-state index contributed by atoms with van der Waals surface area (Å²) in [5, 5.41) is 6.25. The molecular weight excluding hydrogens is 277 g/mol. The van der Waals surface area contributed by atoms with Gasteiger partial charge in [0, 0.05) is 20.2 Å². The van der Waals surface area contributed by atoms with E-state index in [-0.39, 0.29) is 0 Å². The molecule has 0 heterocycles. The van der Waals surface area contributed by atoms with Crippen LogP contribution in [0.4, 0.5) is 13.2 Å². The lowest BCUT2D eigenvalue weighted by molar-refractivity contribution is -0.137. The highest BCUT2D eigenvalue weighted by Crippen LogP contribution is 2.28. The zero-order chi connectivity index (χ0) is 14.3. The molecule has 0 aliphatic rings. The number of ether oxygens (including phenoxy) is 1. The van der Waals surface area contributed by atoms with Gasteiger partial charge >= 0.3 is 6.18 Å². The largest absolute Gasteiger partial charge is 0.416 e. The van der Waals surface area contributed by atoms with Gasteiger partial charge in [-0.1, -0.05) is 12.1 Å². The molecule has 106 valence electrons. The molecule has 0 atom stereocenters. The number of alkyl halides is 3. The average Bonchev–Trinajstić information content (AvgIpc) is 2.36. The second kappa shape index (κ2) is 7.30. The van der Waals surface area contributed by atoms with Crippen molar-refractivity contribution in [1.29, 1.82) is 0 Å². The Balaban J connectivity index is 2.40. The predicted octanol–water partition coefficient (Wildman–Crippen LogP) is 2.32. The Morgan fingerprint density at radius 3 is 2.37 bits per heavy atom. The lowest BCUT2D eigenvalue weighted by Gasteiger charge is -2.11. The van der Waals surface area contributed by atoms with Crippen LogP contribution >= 0.6 is 12.2 Å². The summed E-state index contributed by atoms with van der Waals surface area (Å²) in [6.07, 6.45) is -4.30. The molecule has 0 radical (unpaired) electrons. The van der Waals surface area contributed by atoms with Gasteiger partial charge < -0.3 is 15.4 Å². The van der Waals surface area contributed by atoms with E-state index in [4.69, 9.17) is 17.0 Å². The van der Waals surface area contributed by atoms with E-state index in [1.807, 2.05) is 0 Å². The molecule has 0 bridgehead atoms. The van der Waals surface area contributed by atoms with E-state index in [0.717, 1.165) is 17.7 Å². The van der Waals surface area contributed by atoms with Crippen LogP contribution in [-0.2, 0) is 17.5 Å². The number of thiocarbonyl (C=S) groups is 1. The summed E-state index contributed by atoms with van der Waals surface area (Å²) in [5.74, 6) is 0. The quantitative estimate of drug-likeness (QED) is 0.644. The van der Waals surface area contributed by atoms with Gasteiger partial charge in [-0.3, -0.25) is 0 Å². The predicted molar refractivity (Wildman–Crippen MR) is 70.8 cm³/mol. The summed E-state index contributed by atoms with van der Waals surface area (Å²) >= 11 is 4.99. The van der Waals surface area contributed by atoms with Crippen molar-refractivity contribution in [2.45, 2.75) is 12.7 Å². The first-order valence-electron chi connectivity index (χ1n) is 5.60. The van der Waals surface area contributed by atoms with Gasteiger partial charge in [-0.25, -0.2) is 0 Å². The van der Waals surface area contributed by atoms with Gasteiger partial charge in [0.05, 0.1) is 12.2 Å². The third-order valence-electron chi connectivity index (χ3n) is 2.33. The highest BCUT2D eigenvalue weighted by molar-refractivity contribution is 7.80. The molecule has 0 spiro atoms. The summed E-state index contributed by atoms with van der Waals surface area (Å²) < 4.78 is 41.9. The molecule has 7 heteroatoms. The van der Waals surface area contributed by atoms with Crippen molar-refractivity contribution in [3.63, 3.8) is 0 Å². The van der Waals surface area contributed by atoms with E-state index >= 15 is 0 Å². The fourth-order valence-electron chi connectivity index (χ4n) is 1.32. The minimum Gasteiger partial charge on any atom is -0.383 e. The Morgan fingerprint density at radius 1 is 1.21 bits per heavy atom. The van der Waals surface area contributed by atoms with Gasteiger partial charge in [0.2, 0.25) is 0 Å². The van der Waals surface area contributed by atoms with Gasteiger partial charge in [-0.2, -0.15) is 13.2 Å². The lowest BCUT2D eigenvalue weighted by atomic mass is 10.1. The van der Waals surface area contributed by atoms with Crippen LogP contribution in [0.15, 0.2) is 24.3 Å². The first-order valence-corrected chi connectivity index (χ1v) is 6.01. The van der Waals surface area contributed by atoms with Crippen molar-refractivity contribution in [3.05, 3.63) is 35.4 Å². The third kappa shape index (κ3) is 5.89. The molecule has 1 aromatic carbocycles. The monoisotopic (exact) mass is 292 g/mol. The maximum absolute atomic E-state index is 12.3. The second-order valence-electron chi connectivity index (χ2n) is 3.80. The summed E-state index contributed by atoms with van der Waals surface area (Å²) in [6.45, 7) is 1.48. The number of halogens is 3. The van der Waals surface area contributed by atoms with Crippen LogP contribution in [0.2, 0.25) is 0 Å². The van der Waals surface area contributed by atoms with Crippen LogP contribution in [0.3, 0.4) is 0 Å². The molecule has 0 amide bonds. The lowest BCUT2D eigenvalue weighted by Crippen LogP contribution is -2.36. The number of hydrogen-bond acceptors (Lipinski definition) is 2. The number of hydrogen-bond donors (Lipinski definition) is 2. The Kier molecular flexibility index (Phi) is 6.04. The first-order chi connectivity index (χ1) is 8.93. The third-order valence-corrected chi connectivity index (χ3v) is 2.61. The summed E-state index contributed by atoms with van der Waals surface area (Å²) in [6, 6.07) is 4.96. The standard InChI is InChI=1S/C12H15F3N2OS/c1-18-7-6-16-11(19)17-8-9-2-4-10(5-3-9)12(13,14)15/h2-5H,6-8H2,1H3,(H2,16,17,19). The van der Waals surface area contributed by atoms with Crippen molar-refractivity contribution in [2.75, 3.05) is 20.3 Å². The molecule has 2 N–H and O–H groups in total. The van der Waals surface area contributed by atoms with Crippen molar-refractivity contribution >= 4 is 17.3 Å². The number of rotatable bonds is 5. The van der Waals surface area contributed by atoms with E-state index in [2.05, 4.69) is 10.6 Å². The fraction of sp³-hybridized carbons (Fsp3) is 0.417. The van der Waals surface area contributed by atoms with Gasteiger partial charge in [0.25, 0.3) is 0 Å². The van der Waals surface area contributed by atoms with Crippen LogP contribution < -0.4 is 10.6 Å². The van der Waals surface area contributed by atoms with Gasteiger partial charge in [0.15, 0.2) is 5.11 Å². The van der Waals surface area contributed by atoms with Crippen molar-refractivity contribution in [2.24, 2.45) is 0 Å². The zero-order valence-corrected chi connectivity index (χ0v) is 11.2. The van der Waals surface area contributed by atoms with Gasteiger partial charge in [0.1, 0.15) is 0 Å². The Morgan fingerprint density at radius 2 is 1.84 bits per heavy atom. The second-order valence-corrected chi connectivity index (χ2v) is 4.21. The number of methoxy groups -OCH3 is 1. The summed E-state index contributed by atoms with van der Waals surface area (Å²) in [7, 11) is 1.58. The van der Waals surface area contributed by atoms with Crippen molar-refractivity contribution < 1.29 is 17.9 Å². The Labute approximate surface area is 115 Å². The van der Waals surface area contributed by atoms with Crippen molar-refractivity contribution in [3.8, 4) is 0 Å². The fourth-order valence-corrected chi connectivity index (χ4v) is 1.50. The molecule has 0 unspecified atom stereocenters. The van der Waals surface area contributed by atoms with Crippen LogP contribution in [0.5, 0.6) is 0 Å². The minimum absolute atomic E-state index is 0.372. The van der Waals surface area contributed by atoms with E-state index in [1.165, 1.54) is 12.1 Å². The molecule has 3 nitrogen and oxygen atoms in total. The van der Waals surface area contributed by atoms with Gasteiger partial charge in [-0.15, -0.1) is 0 Å². The molecule has 0 fully saturated rings. The molecular formula is C12H15F3N2OS. The highest BCUT2D eigenvalue weighted by atomic mass is 32.1. The average molecular weight is 292 g/mol. The van der Waals surface area contributed by atoms with Crippen LogP contribution in [-0.4, -0.2) is 25.4 Å². The van der Waals surface area contributed by atoms with E-state index in [1.54, 1.807) is 7.11 Å². The molecule has 19 heavy (non-hydrogen) atoms. The molecule has 0 saturated heterocycles. The Hall–Kier alpha value is -1.34. The zero-order valence-electron chi connectivity index (χ0n) is 10.4. The number of benzene rings is 1. The SMILES string of the molecule is COCCNC(=S)NCc1ccc(C(F)(F)F)cc1. The van der Waals surface area contributed by atoms with Gasteiger partial charge in [-0.05, 0) is 29.9 Å². The maximum atomic E-state index is 12.3. The minimum atomic E-state index is -4.30. The number of nitrogens with one attached hydrogen (secondary N) is 2. The van der Waals surface area contributed by atoms with Crippen LogP contribution in [0.1, 0.15) is 11.1 Å². The normalized spacial score (nSPS) is 11.2. The van der Waals surface area contributed by atoms with Crippen molar-refractivity contribution in [1.82, 2.24) is 10.6 Å². The summed E-state index contributed by atoms with van der Waals surface area (Å²) in [5.41, 5.74) is 0.0703. The van der Waals surface area contributed by atoms with Crippen LogP contribution in [0.25, 0.3) is 0 Å². The highest BCUT2D eigenvalue weighted by Gasteiger charge is 2.29. The summed E-state index contributed by atoms with van der Waals surface area (Å²) in [4.78, 5) is 0. The topological polar surface area (TPSA) is 33.3 Å². The smallest absolute Gasteiger partial charge is 0.383 e. The van der Waals surface area contributed by atoms with E-state index in [9.17, 15) is 13.2 Å². The molecule has 1 aromatic rings. The first kappa shape index (κ1) is 15.7.